The number of phosphoric ester groups is 1. The third kappa shape index (κ3) is 42.6. The molecule has 8 nitrogen and oxygen atoms in total. The second-order valence-corrected chi connectivity index (χ2v) is 18.9. The molecule has 0 aliphatic heterocycles. The van der Waals surface area contributed by atoms with Crippen LogP contribution in [-0.2, 0) is 18.4 Å². The Morgan fingerprint density at radius 1 is 0.586 bits per heavy atom. The lowest BCUT2D eigenvalue weighted by molar-refractivity contribution is -0.870. The molecule has 0 spiro atoms. The van der Waals surface area contributed by atoms with Crippen molar-refractivity contribution < 1.29 is 32.9 Å². The number of nitrogens with one attached hydrogen (secondary N) is 1. The number of phosphoric acid groups is 1. The smallest absolute Gasteiger partial charge is 0.387 e. The molecule has 0 aromatic heterocycles. The number of aliphatic hydroxyl groups excluding tert-OH is 1. The largest absolute Gasteiger partial charge is 0.472 e. The number of hydrogen-bond donors (Lipinski definition) is 3. The van der Waals surface area contributed by atoms with Crippen LogP contribution in [0.25, 0.3) is 0 Å². The lowest BCUT2D eigenvalue weighted by Gasteiger charge is -2.25. The fourth-order valence-electron chi connectivity index (χ4n) is 6.69. The van der Waals surface area contributed by atoms with Crippen molar-refractivity contribution in [1.29, 1.82) is 0 Å². The summed E-state index contributed by atoms with van der Waals surface area (Å²) in [6.07, 6.45) is 52.5. The number of carbonyl (C=O) groups excluding carboxylic acids is 1. The van der Waals surface area contributed by atoms with Gasteiger partial charge >= 0.3 is 7.82 Å². The first-order valence-corrected chi connectivity index (χ1v) is 25.5. The standard InChI is InChI=1S/C49H93N2O6P/c1-6-8-10-12-13-14-15-16-17-18-19-20-21-22-23-24-25-26-27-28-29-30-31-32-33-34-35-36-37-39-41-43-49(53)50-47(48(52)42-40-38-11-9-7-2)46-57-58(54,55)56-45-44-51(3,4)5/h15-16,18-19,21-22,40,42,47-48,52H,6-14,17,20,23-39,41,43-46H2,1-5H3,(H-,50,53,54,55)/p+1/b16-15-,19-18-,22-21-,42-40+. The third-order valence-electron chi connectivity index (χ3n) is 10.5. The fraction of sp³-hybridized carbons (Fsp3) is 0.816. The maximum atomic E-state index is 12.8. The van der Waals surface area contributed by atoms with E-state index in [1.54, 1.807) is 6.08 Å². The minimum atomic E-state index is -4.32. The van der Waals surface area contributed by atoms with Gasteiger partial charge in [-0.15, -0.1) is 0 Å². The molecule has 0 aromatic rings. The Kier molecular flexibility index (Phi) is 39.8. The predicted molar refractivity (Wildman–Crippen MR) is 249 cm³/mol. The van der Waals surface area contributed by atoms with Crippen LogP contribution >= 0.6 is 7.82 Å². The molecule has 0 aliphatic rings. The Balaban J connectivity index is 3.88. The number of nitrogens with zero attached hydrogens (tertiary/aromatic N) is 1. The van der Waals surface area contributed by atoms with Crippen molar-refractivity contribution in [2.45, 2.75) is 219 Å². The van der Waals surface area contributed by atoms with Crippen LogP contribution in [0, 0.1) is 0 Å². The second-order valence-electron chi connectivity index (χ2n) is 17.5. The fourth-order valence-corrected chi connectivity index (χ4v) is 7.43. The molecular formula is C49H94N2O6P+. The van der Waals surface area contributed by atoms with E-state index in [9.17, 15) is 19.4 Å². The zero-order chi connectivity index (χ0) is 42.8. The Labute approximate surface area is 359 Å². The van der Waals surface area contributed by atoms with Gasteiger partial charge in [-0.25, -0.2) is 4.57 Å². The van der Waals surface area contributed by atoms with Crippen LogP contribution in [0.1, 0.15) is 206 Å². The summed E-state index contributed by atoms with van der Waals surface area (Å²) < 4.78 is 23.4. The summed E-state index contributed by atoms with van der Waals surface area (Å²) in [5, 5.41) is 13.6. The van der Waals surface area contributed by atoms with Gasteiger partial charge in [0.2, 0.25) is 5.91 Å². The lowest BCUT2D eigenvalue weighted by atomic mass is 10.0. The number of unbranched alkanes of at least 4 members (excludes halogenated alkanes) is 24. The van der Waals surface area contributed by atoms with Crippen LogP contribution in [0.4, 0.5) is 0 Å². The number of hydrogen-bond acceptors (Lipinski definition) is 5. The zero-order valence-electron chi connectivity index (χ0n) is 38.5. The molecule has 9 heteroatoms. The molecule has 3 unspecified atom stereocenters. The van der Waals surface area contributed by atoms with Crippen LogP contribution in [-0.4, -0.2) is 73.4 Å². The Morgan fingerprint density at radius 3 is 1.47 bits per heavy atom. The van der Waals surface area contributed by atoms with Gasteiger partial charge in [0, 0.05) is 6.42 Å². The molecule has 0 aromatic carbocycles. The highest BCUT2D eigenvalue weighted by molar-refractivity contribution is 7.47. The Morgan fingerprint density at radius 2 is 0.983 bits per heavy atom. The molecule has 0 fully saturated rings. The molecule has 340 valence electrons. The number of likely N-dealkylation sites (N-methyl/N-ethyl adjacent to an activating group) is 1. The summed E-state index contributed by atoms with van der Waals surface area (Å²) in [6.45, 7) is 4.69. The van der Waals surface area contributed by atoms with Crippen molar-refractivity contribution in [3.05, 3.63) is 48.6 Å². The van der Waals surface area contributed by atoms with E-state index in [0.717, 1.165) is 57.8 Å². The zero-order valence-corrected chi connectivity index (χ0v) is 39.4. The summed E-state index contributed by atoms with van der Waals surface area (Å²) in [7, 11) is 1.57. The predicted octanol–water partition coefficient (Wildman–Crippen LogP) is 13.6. The summed E-state index contributed by atoms with van der Waals surface area (Å²) in [4.78, 5) is 22.9. The highest BCUT2D eigenvalue weighted by Crippen LogP contribution is 2.43. The van der Waals surface area contributed by atoms with E-state index in [2.05, 4.69) is 55.6 Å². The minimum Gasteiger partial charge on any atom is -0.387 e. The van der Waals surface area contributed by atoms with Crippen molar-refractivity contribution in [2.24, 2.45) is 0 Å². The molecule has 0 rings (SSSR count). The van der Waals surface area contributed by atoms with Gasteiger partial charge in [-0.3, -0.25) is 13.8 Å². The van der Waals surface area contributed by atoms with Gasteiger partial charge in [-0.05, 0) is 57.8 Å². The summed E-state index contributed by atoms with van der Waals surface area (Å²) >= 11 is 0. The first kappa shape index (κ1) is 56.5. The lowest BCUT2D eigenvalue weighted by Crippen LogP contribution is -2.45. The van der Waals surface area contributed by atoms with E-state index in [0.29, 0.717) is 17.4 Å². The third-order valence-corrected chi connectivity index (χ3v) is 11.5. The van der Waals surface area contributed by atoms with Crippen molar-refractivity contribution >= 4 is 13.7 Å². The first-order valence-electron chi connectivity index (χ1n) is 24.0. The van der Waals surface area contributed by atoms with Gasteiger partial charge in [0.15, 0.2) is 0 Å². The van der Waals surface area contributed by atoms with Crippen LogP contribution in [0.15, 0.2) is 48.6 Å². The van der Waals surface area contributed by atoms with Gasteiger partial charge in [0.05, 0.1) is 39.9 Å². The summed E-state index contributed by atoms with van der Waals surface area (Å²) in [5.41, 5.74) is 0. The molecule has 58 heavy (non-hydrogen) atoms. The van der Waals surface area contributed by atoms with E-state index >= 15 is 0 Å². The molecule has 0 radical (unpaired) electrons. The van der Waals surface area contributed by atoms with E-state index in [-0.39, 0.29) is 19.1 Å². The van der Waals surface area contributed by atoms with E-state index in [4.69, 9.17) is 9.05 Å². The normalized spacial score (nSPS) is 14.7. The Hall–Kier alpha value is -1.54. The first-order chi connectivity index (χ1) is 28.0. The molecule has 3 atom stereocenters. The Bertz CT molecular complexity index is 1090. The number of allylic oxidation sites excluding steroid dienone is 7. The maximum Gasteiger partial charge on any atom is 0.472 e. The van der Waals surface area contributed by atoms with Crippen LogP contribution in [0.5, 0.6) is 0 Å². The number of carbonyl (C=O) groups is 1. The van der Waals surface area contributed by atoms with Gasteiger partial charge in [0.25, 0.3) is 0 Å². The minimum absolute atomic E-state index is 0.0601. The van der Waals surface area contributed by atoms with Gasteiger partial charge in [0.1, 0.15) is 13.2 Å². The summed E-state index contributed by atoms with van der Waals surface area (Å²) in [6, 6.07) is -0.842. The number of amides is 1. The number of quaternary nitrogens is 1. The average molecular weight is 838 g/mol. The highest BCUT2D eigenvalue weighted by atomic mass is 31.2. The van der Waals surface area contributed by atoms with E-state index in [1.807, 2.05) is 27.2 Å². The van der Waals surface area contributed by atoms with Crippen LogP contribution < -0.4 is 5.32 Å². The quantitative estimate of drug-likeness (QED) is 0.0244. The molecule has 0 saturated carbocycles. The van der Waals surface area contributed by atoms with Crippen LogP contribution in [0.3, 0.4) is 0 Å². The molecule has 0 bridgehead atoms. The molecule has 0 heterocycles. The average Bonchev–Trinajstić information content (AvgIpc) is 3.17. The van der Waals surface area contributed by atoms with Crippen molar-refractivity contribution in [3.8, 4) is 0 Å². The SMILES string of the molecule is CCCCC/C=C/C(O)C(COP(=O)(O)OCC[N+](C)(C)C)NC(=O)CCCCCCCCCCCCCCCCCC/C=C\C/C=C\C/C=C\CCCCCCC. The topological polar surface area (TPSA) is 105 Å². The maximum absolute atomic E-state index is 12.8. The van der Waals surface area contributed by atoms with Gasteiger partial charge < -0.3 is 19.8 Å². The molecule has 0 saturated heterocycles. The molecule has 3 N–H and O–H groups in total. The van der Waals surface area contributed by atoms with Crippen molar-refractivity contribution in [1.82, 2.24) is 5.32 Å². The van der Waals surface area contributed by atoms with Gasteiger partial charge in [-0.1, -0.05) is 191 Å². The highest BCUT2D eigenvalue weighted by Gasteiger charge is 2.27. The molecule has 0 aliphatic carbocycles. The molecule has 1 amide bonds. The number of rotatable bonds is 43. The van der Waals surface area contributed by atoms with Crippen LogP contribution in [0.2, 0.25) is 0 Å². The van der Waals surface area contributed by atoms with Crippen molar-refractivity contribution in [2.75, 3.05) is 40.9 Å². The van der Waals surface area contributed by atoms with Gasteiger partial charge in [-0.2, -0.15) is 0 Å². The summed E-state index contributed by atoms with van der Waals surface area (Å²) in [5.74, 6) is -0.185. The van der Waals surface area contributed by atoms with E-state index < -0.39 is 20.0 Å². The van der Waals surface area contributed by atoms with E-state index in [1.165, 1.54) is 128 Å². The molecular weight excluding hydrogens is 744 g/mol. The van der Waals surface area contributed by atoms with Crippen molar-refractivity contribution in [3.63, 3.8) is 0 Å². The monoisotopic (exact) mass is 838 g/mol. The second kappa shape index (κ2) is 40.8. The number of aliphatic hydroxyl groups is 1.